The Morgan fingerprint density at radius 3 is 2.93 bits per heavy atom. The van der Waals surface area contributed by atoms with E-state index in [9.17, 15) is 4.79 Å². The zero-order valence-electron chi connectivity index (χ0n) is 8.26. The average Bonchev–Trinajstić information content (AvgIpc) is 2.17. The molecule has 0 spiro atoms. The summed E-state index contributed by atoms with van der Waals surface area (Å²) in [4.78, 5) is 13.8. The number of hydrogen-bond donors (Lipinski definition) is 1. The fraction of sp³-hybridized carbons (Fsp3) is 0.400. The number of aryl methyl sites for hydroxylation is 1. The summed E-state index contributed by atoms with van der Waals surface area (Å²) in [7, 11) is 1.62. The molecule has 1 rings (SSSR count). The normalized spacial score (nSPS) is 9.79. The summed E-state index contributed by atoms with van der Waals surface area (Å²) in [5, 5.41) is 8.66. The molecule has 0 unspecified atom stereocenters. The molecule has 0 atom stereocenters. The van der Waals surface area contributed by atoms with Gasteiger partial charge in [0, 0.05) is 12.8 Å². The highest BCUT2D eigenvalue weighted by atomic mass is 16.5. The first-order valence-electron chi connectivity index (χ1n) is 4.31. The van der Waals surface area contributed by atoms with Crippen LogP contribution in [0, 0.1) is 18.3 Å². The van der Waals surface area contributed by atoms with Gasteiger partial charge in [-0.15, -0.1) is 0 Å². The van der Waals surface area contributed by atoms with Crippen LogP contribution in [0.25, 0.3) is 0 Å². The van der Waals surface area contributed by atoms with Crippen LogP contribution in [0.3, 0.4) is 0 Å². The van der Waals surface area contributed by atoms with E-state index in [4.69, 9.17) is 10.00 Å². The molecule has 0 aliphatic heterocycles. The fourth-order valence-corrected chi connectivity index (χ4v) is 1.22. The third-order valence-corrected chi connectivity index (χ3v) is 2.04. The average molecular weight is 192 g/mol. The maximum absolute atomic E-state index is 11.2. The molecule has 0 fully saturated rings. The molecular weight excluding hydrogens is 180 g/mol. The summed E-state index contributed by atoms with van der Waals surface area (Å²) in [6.45, 7) is 2.39. The lowest BCUT2D eigenvalue weighted by molar-refractivity contribution is 0.202. The Bertz CT molecular complexity index is 415. The van der Waals surface area contributed by atoms with Gasteiger partial charge in [-0.1, -0.05) is 0 Å². The van der Waals surface area contributed by atoms with Crippen molar-refractivity contribution in [2.24, 2.45) is 0 Å². The van der Waals surface area contributed by atoms with Gasteiger partial charge in [0.2, 0.25) is 0 Å². The quantitative estimate of drug-likeness (QED) is 0.768. The Morgan fingerprint density at radius 2 is 2.36 bits per heavy atom. The van der Waals surface area contributed by atoms with Gasteiger partial charge in [0.05, 0.1) is 6.61 Å². The van der Waals surface area contributed by atoms with E-state index >= 15 is 0 Å². The second-order valence-electron chi connectivity index (χ2n) is 3.02. The standard InChI is InChI=1S/C10H12N2O2/c1-7-8(3-4-14-2)5-9(6-11)10(13)12-7/h5H,3-4H2,1-2H3,(H,12,13). The van der Waals surface area contributed by atoms with Crippen LogP contribution in [-0.2, 0) is 11.2 Å². The Labute approximate surface area is 82.1 Å². The molecule has 14 heavy (non-hydrogen) atoms. The lowest BCUT2D eigenvalue weighted by Crippen LogP contribution is -2.14. The molecule has 0 bridgehead atoms. The number of H-pyrrole nitrogens is 1. The summed E-state index contributed by atoms with van der Waals surface area (Å²) in [5.74, 6) is 0. The fourth-order valence-electron chi connectivity index (χ4n) is 1.22. The molecule has 0 saturated heterocycles. The molecule has 1 aromatic rings. The maximum atomic E-state index is 11.2. The number of nitriles is 1. The summed E-state index contributed by atoms with van der Waals surface area (Å²) in [5.41, 5.74) is 1.57. The summed E-state index contributed by atoms with van der Waals surface area (Å²) in [6, 6.07) is 3.47. The second kappa shape index (κ2) is 4.58. The zero-order chi connectivity index (χ0) is 10.6. The van der Waals surface area contributed by atoms with E-state index < -0.39 is 0 Å². The molecule has 1 N–H and O–H groups in total. The van der Waals surface area contributed by atoms with Crippen molar-refractivity contribution in [1.82, 2.24) is 4.98 Å². The smallest absolute Gasteiger partial charge is 0.266 e. The number of hydrogen-bond acceptors (Lipinski definition) is 3. The van der Waals surface area contributed by atoms with Gasteiger partial charge in [-0.3, -0.25) is 4.79 Å². The van der Waals surface area contributed by atoms with E-state index in [1.807, 2.05) is 13.0 Å². The van der Waals surface area contributed by atoms with Gasteiger partial charge in [0.15, 0.2) is 0 Å². The molecule has 0 aliphatic rings. The van der Waals surface area contributed by atoms with Crippen molar-refractivity contribution < 1.29 is 4.74 Å². The molecular formula is C10H12N2O2. The SMILES string of the molecule is COCCc1cc(C#N)c(=O)[nH]c1C. The Morgan fingerprint density at radius 1 is 1.64 bits per heavy atom. The zero-order valence-corrected chi connectivity index (χ0v) is 8.26. The second-order valence-corrected chi connectivity index (χ2v) is 3.02. The van der Waals surface area contributed by atoms with Crippen molar-refractivity contribution in [1.29, 1.82) is 5.26 Å². The largest absolute Gasteiger partial charge is 0.384 e. The van der Waals surface area contributed by atoms with Crippen LogP contribution in [0.1, 0.15) is 16.8 Å². The molecule has 4 heteroatoms. The number of nitrogens with zero attached hydrogens (tertiary/aromatic N) is 1. The van der Waals surface area contributed by atoms with Crippen LogP contribution in [0.2, 0.25) is 0 Å². The van der Waals surface area contributed by atoms with Gasteiger partial charge in [-0.05, 0) is 25.0 Å². The first-order valence-corrected chi connectivity index (χ1v) is 4.31. The van der Waals surface area contributed by atoms with Gasteiger partial charge in [0.1, 0.15) is 11.6 Å². The van der Waals surface area contributed by atoms with E-state index in [-0.39, 0.29) is 11.1 Å². The third-order valence-electron chi connectivity index (χ3n) is 2.04. The number of methoxy groups -OCH3 is 1. The van der Waals surface area contributed by atoms with Crippen LogP contribution < -0.4 is 5.56 Å². The highest BCUT2D eigenvalue weighted by molar-refractivity contribution is 5.32. The Kier molecular flexibility index (Phi) is 3.43. The van der Waals surface area contributed by atoms with Crippen LogP contribution >= 0.6 is 0 Å². The Balaban J connectivity index is 3.06. The molecule has 0 radical (unpaired) electrons. The summed E-state index contributed by atoms with van der Waals surface area (Å²) in [6.07, 6.45) is 0.702. The third kappa shape index (κ3) is 2.21. The molecule has 0 aliphatic carbocycles. The molecule has 0 aromatic carbocycles. The number of aromatic nitrogens is 1. The highest BCUT2D eigenvalue weighted by Crippen LogP contribution is 2.05. The molecule has 0 saturated carbocycles. The number of aromatic amines is 1. The predicted octanol–water partition coefficient (Wildman–Crippen LogP) is 0.744. The Hall–Kier alpha value is -1.60. The van der Waals surface area contributed by atoms with Crippen molar-refractivity contribution in [3.8, 4) is 6.07 Å². The number of pyridine rings is 1. The lowest BCUT2D eigenvalue weighted by atomic mass is 10.1. The van der Waals surface area contributed by atoms with Gasteiger partial charge in [-0.2, -0.15) is 5.26 Å². The van der Waals surface area contributed by atoms with Gasteiger partial charge >= 0.3 is 0 Å². The minimum absolute atomic E-state index is 0.154. The molecule has 0 amide bonds. The monoisotopic (exact) mass is 192 g/mol. The molecule has 74 valence electrons. The van der Waals surface area contributed by atoms with E-state index in [0.29, 0.717) is 13.0 Å². The van der Waals surface area contributed by atoms with Gasteiger partial charge in [-0.25, -0.2) is 0 Å². The first-order chi connectivity index (χ1) is 6.69. The van der Waals surface area contributed by atoms with Crippen molar-refractivity contribution in [2.75, 3.05) is 13.7 Å². The van der Waals surface area contributed by atoms with E-state index in [1.54, 1.807) is 13.2 Å². The van der Waals surface area contributed by atoms with Gasteiger partial charge in [0.25, 0.3) is 5.56 Å². The van der Waals surface area contributed by atoms with Crippen molar-refractivity contribution >= 4 is 0 Å². The van der Waals surface area contributed by atoms with Crippen LogP contribution in [0.15, 0.2) is 10.9 Å². The minimum Gasteiger partial charge on any atom is -0.384 e. The van der Waals surface area contributed by atoms with Crippen LogP contribution in [0.4, 0.5) is 0 Å². The van der Waals surface area contributed by atoms with Crippen molar-refractivity contribution in [3.05, 3.63) is 33.2 Å². The topological polar surface area (TPSA) is 65.9 Å². The highest BCUT2D eigenvalue weighted by Gasteiger charge is 2.04. The van der Waals surface area contributed by atoms with Gasteiger partial charge < -0.3 is 9.72 Å². The lowest BCUT2D eigenvalue weighted by Gasteiger charge is -2.04. The minimum atomic E-state index is -0.328. The van der Waals surface area contributed by atoms with E-state index in [1.165, 1.54) is 0 Å². The molecule has 4 nitrogen and oxygen atoms in total. The number of nitrogens with one attached hydrogen (secondary N) is 1. The molecule has 1 heterocycles. The number of rotatable bonds is 3. The number of ether oxygens (including phenoxy) is 1. The predicted molar refractivity (Wildman–Crippen MR) is 52.1 cm³/mol. The van der Waals surface area contributed by atoms with Crippen molar-refractivity contribution in [2.45, 2.75) is 13.3 Å². The van der Waals surface area contributed by atoms with E-state index in [0.717, 1.165) is 11.3 Å². The van der Waals surface area contributed by atoms with E-state index in [2.05, 4.69) is 4.98 Å². The first kappa shape index (κ1) is 10.5. The summed E-state index contributed by atoms with van der Waals surface area (Å²) >= 11 is 0. The summed E-state index contributed by atoms with van der Waals surface area (Å²) < 4.78 is 4.93. The molecule has 1 aromatic heterocycles. The maximum Gasteiger partial charge on any atom is 0.266 e. The van der Waals surface area contributed by atoms with Crippen LogP contribution in [-0.4, -0.2) is 18.7 Å². The van der Waals surface area contributed by atoms with Crippen molar-refractivity contribution in [3.63, 3.8) is 0 Å². The van der Waals surface area contributed by atoms with Crippen LogP contribution in [0.5, 0.6) is 0 Å².